The lowest BCUT2D eigenvalue weighted by molar-refractivity contribution is 0.101. The van der Waals surface area contributed by atoms with E-state index in [-0.39, 0.29) is 11.5 Å². The Balaban J connectivity index is 1.58. The number of hydrogen-bond acceptors (Lipinski definition) is 7. The highest BCUT2D eigenvalue weighted by atomic mass is 32.2. The van der Waals surface area contributed by atoms with Gasteiger partial charge in [0.2, 0.25) is 0 Å². The average molecular weight is 413 g/mol. The molecule has 1 heterocycles. The van der Waals surface area contributed by atoms with Gasteiger partial charge in [-0.25, -0.2) is 5.10 Å². The molecule has 2 aromatic carbocycles. The molecule has 1 aromatic heterocycles. The van der Waals surface area contributed by atoms with Crippen LogP contribution in [0, 0.1) is 0 Å². The first-order valence-corrected chi connectivity index (χ1v) is 10.5. The SMILES string of the molecule is CCCc1c(OCCCSc2ccccc2-c2nnn[nH]2)ccc(C(C)=O)c1O. The Labute approximate surface area is 173 Å². The molecular weight excluding hydrogens is 388 g/mol. The average Bonchev–Trinajstić information content (AvgIpc) is 3.25. The molecule has 2 N–H and O–H groups in total. The third-order valence-electron chi connectivity index (χ3n) is 4.41. The molecule has 0 atom stereocenters. The molecule has 3 aromatic rings. The lowest BCUT2D eigenvalue weighted by Gasteiger charge is -2.14. The Kier molecular flexibility index (Phi) is 7.24. The molecule has 152 valence electrons. The number of H-pyrrole nitrogens is 1. The van der Waals surface area contributed by atoms with Gasteiger partial charge in [-0.15, -0.1) is 16.9 Å². The maximum atomic E-state index is 11.7. The third-order valence-corrected chi connectivity index (χ3v) is 5.57. The zero-order chi connectivity index (χ0) is 20.6. The Hall–Kier alpha value is -2.87. The molecular formula is C21H24N4O3S. The number of rotatable bonds is 10. The van der Waals surface area contributed by atoms with E-state index in [9.17, 15) is 9.90 Å². The lowest BCUT2D eigenvalue weighted by atomic mass is 10.0. The molecule has 0 bridgehead atoms. The number of phenols is 1. The van der Waals surface area contributed by atoms with Crippen LogP contribution in [0.15, 0.2) is 41.3 Å². The highest BCUT2D eigenvalue weighted by Gasteiger charge is 2.16. The summed E-state index contributed by atoms with van der Waals surface area (Å²) in [5.74, 6) is 2.05. The molecule has 8 heteroatoms. The number of aromatic hydroxyl groups is 1. The summed E-state index contributed by atoms with van der Waals surface area (Å²) < 4.78 is 5.92. The minimum atomic E-state index is -0.150. The highest BCUT2D eigenvalue weighted by Crippen LogP contribution is 2.33. The summed E-state index contributed by atoms with van der Waals surface area (Å²) in [5.41, 5.74) is 2.02. The van der Waals surface area contributed by atoms with Gasteiger partial charge >= 0.3 is 0 Å². The molecule has 0 aliphatic carbocycles. The second-order valence-corrected chi connectivity index (χ2v) is 7.68. The molecule has 0 amide bonds. The minimum Gasteiger partial charge on any atom is -0.507 e. The van der Waals surface area contributed by atoms with E-state index >= 15 is 0 Å². The number of aromatic nitrogens is 4. The molecule has 7 nitrogen and oxygen atoms in total. The Morgan fingerprint density at radius 1 is 1.24 bits per heavy atom. The van der Waals surface area contributed by atoms with Gasteiger partial charge in [0.15, 0.2) is 11.6 Å². The van der Waals surface area contributed by atoms with Crippen LogP contribution in [0.5, 0.6) is 11.5 Å². The monoisotopic (exact) mass is 412 g/mol. The quantitative estimate of drug-likeness (QED) is 0.291. The topological polar surface area (TPSA) is 101 Å². The van der Waals surface area contributed by atoms with E-state index in [0.29, 0.717) is 35.7 Å². The summed E-state index contributed by atoms with van der Waals surface area (Å²) in [5, 5.41) is 24.5. The van der Waals surface area contributed by atoms with Gasteiger partial charge in [-0.1, -0.05) is 31.5 Å². The largest absolute Gasteiger partial charge is 0.507 e. The van der Waals surface area contributed by atoms with Crippen LogP contribution in [-0.2, 0) is 6.42 Å². The number of aromatic amines is 1. The van der Waals surface area contributed by atoms with Crippen molar-refractivity contribution in [3.05, 3.63) is 47.5 Å². The van der Waals surface area contributed by atoms with Crippen molar-refractivity contribution >= 4 is 17.5 Å². The van der Waals surface area contributed by atoms with Gasteiger partial charge in [0.1, 0.15) is 11.5 Å². The number of nitrogens with one attached hydrogen (secondary N) is 1. The van der Waals surface area contributed by atoms with Crippen molar-refractivity contribution in [3.63, 3.8) is 0 Å². The van der Waals surface area contributed by atoms with Crippen LogP contribution < -0.4 is 4.74 Å². The Bertz CT molecular complexity index is 961. The fraction of sp³-hybridized carbons (Fsp3) is 0.333. The molecule has 3 rings (SSSR count). The lowest BCUT2D eigenvalue weighted by Crippen LogP contribution is -2.04. The summed E-state index contributed by atoms with van der Waals surface area (Å²) in [7, 11) is 0. The Morgan fingerprint density at radius 2 is 2.07 bits per heavy atom. The maximum absolute atomic E-state index is 11.7. The molecule has 0 saturated heterocycles. The van der Waals surface area contributed by atoms with Gasteiger partial charge in [-0.3, -0.25) is 4.79 Å². The number of Topliss-reactive ketones (excluding diaryl/α,β-unsaturated/α-hetero) is 1. The molecule has 29 heavy (non-hydrogen) atoms. The molecule has 0 saturated carbocycles. The molecule has 0 aliphatic heterocycles. The van der Waals surface area contributed by atoms with Crippen molar-refractivity contribution in [1.29, 1.82) is 0 Å². The number of benzene rings is 2. The zero-order valence-electron chi connectivity index (χ0n) is 16.5. The second-order valence-electron chi connectivity index (χ2n) is 6.54. The summed E-state index contributed by atoms with van der Waals surface area (Å²) in [4.78, 5) is 12.8. The van der Waals surface area contributed by atoms with E-state index in [2.05, 4.69) is 20.6 Å². The summed E-state index contributed by atoms with van der Waals surface area (Å²) in [6.45, 7) is 4.01. The van der Waals surface area contributed by atoms with Crippen LogP contribution in [0.1, 0.15) is 42.6 Å². The molecule has 0 fully saturated rings. The van der Waals surface area contributed by atoms with Gasteiger partial charge in [0.05, 0.1) is 12.2 Å². The van der Waals surface area contributed by atoms with Gasteiger partial charge < -0.3 is 9.84 Å². The number of ketones is 1. The van der Waals surface area contributed by atoms with Crippen molar-refractivity contribution in [2.75, 3.05) is 12.4 Å². The van der Waals surface area contributed by atoms with E-state index in [1.54, 1.807) is 23.9 Å². The normalized spacial score (nSPS) is 10.8. The van der Waals surface area contributed by atoms with E-state index in [4.69, 9.17) is 4.74 Å². The summed E-state index contributed by atoms with van der Waals surface area (Å²) in [6, 6.07) is 11.4. The van der Waals surface area contributed by atoms with Crippen LogP contribution >= 0.6 is 11.8 Å². The third kappa shape index (κ3) is 5.14. The van der Waals surface area contributed by atoms with Crippen molar-refractivity contribution in [2.24, 2.45) is 0 Å². The van der Waals surface area contributed by atoms with Crippen LogP contribution in [0.2, 0.25) is 0 Å². The fourth-order valence-electron chi connectivity index (χ4n) is 3.01. The number of carbonyl (C=O) groups is 1. The summed E-state index contributed by atoms with van der Waals surface area (Å²) in [6.07, 6.45) is 2.35. The van der Waals surface area contributed by atoms with Crippen LogP contribution in [0.25, 0.3) is 11.4 Å². The predicted molar refractivity (Wildman–Crippen MR) is 113 cm³/mol. The van der Waals surface area contributed by atoms with E-state index in [1.807, 2.05) is 31.2 Å². The van der Waals surface area contributed by atoms with Gasteiger partial charge in [0.25, 0.3) is 0 Å². The van der Waals surface area contributed by atoms with Crippen LogP contribution in [0.4, 0.5) is 0 Å². The molecule has 0 spiro atoms. The standard InChI is InChI=1S/C21H24N4O3S/c1-3-7-16-18(11-10-15(14(2)26)20(16)27)28-12-6-13-29-19-9-5-4-8-17(19)21-22-24-25-23-21/h4-5,8-11,27H,3,6-7,12-13H2,1-2H3,(H,22,23,24,25). The first-order valence-electron chi connectivity index (χ1n) is 9.56. The van der Waals surface area contributed by atoms with Crippen molar-refractivity contribution < 1.29 is 14.6 Å². The zero-order valence-corrected chi connectivity index (χ0v) is 17.3. The number of nitrogens with zero attached hydrogens (tertiary/aromatic N) is 3. The minimum absolute atomic E-state index is 0.0424. The number of ether oxygens (including phenoxy) is 1. The van der Waals surface area contributed by atoms with E-state index in [1.165, 1.54) is 6.92 Å². The molecule has 0 unspecified atom stereocenters. The van der Waals surface area contributed by atoms with Gasteiger partial charge in [0, 0.05) is 21.8 Å². The first-order chi connectivity index (χ1) is 14.1. The molecule has 0 aliphatic rings. The smallest absolute Gasteiger partial charge is 0.180 e. The number of thioether (sulfide) groups is 1. The summed E-state index contributed by atoms with van der Waals surface area (Å²) >= 11 is 1.71. The number of hydrogen-bond donors (Lipinski definition) is 2. The van der Waals surface area contributed by atoms with E-state index in [0.717, 1.165) is 29.1 Å². The van der Waals surface area contributed by atoms with Crippen LogP contribution in [-0.4, -0.2) is 43.9 Å². The Morgan fingerprint density at radius 3 is 2.79 bits per heavy atom. The predicted octanol–water partition coefficient (Wildman–Crippen LogP) is 4.29. The van der Waals surface area contributed by atoms with Crippen molar-refractivity contribution in [2.45, 2.75) is 38.0 Å². The first kappa shape index (κ1) is 20.9. The number of carbonyl (C=O) groups excluding carboxylic acids is 1. The van der Waals surface area contributed by atoms with Crippen molar-refractivity contribution in [3.8, 4) is 22.9 Å². The highest BCUT2D eigenvalue weighted by molar-refractivity contribution is 7.99. The number of phenolic OH excluding ortho intramolecular Hbond substituents is 1. The number of tetrazole rings is 1. The molecule has 0 radical (unpaired) electrons. The van der Waals surface area contributed by atoms with Crippen LogP contribution in [0.3, 0.4) is 0 Å². The fourth-order valence-corrected chi connectivity index (χ4v) is 3.99. The maximum Gasteiger partial charge on any atom is 0.180 e. The second kappa shape index (κ2) is 10.1. The van der Waals surface area contributed by atoms with Gasteiger partial charge in [-0.2, -0.15) is 0 Å². The van der Waals surface area contributed by atoms with Gasteiger partial charge in [-0.05, 0) is 48.4 Å². The van der Waals surface area contributed by atoms with E-state index < -0.39 is 0 Å². The van der Waals surface area contributed by atoms with Crippen molar-refractivity contribution in [1.82, 2.24) is 20.6 Å².